The molecule has 20 heavy (non-hydrogen) atoms. The third-order valence-corrected chi connectivity index (χ3v) is 3.58. The van der Waals surface area contributed by atoms with Crippen molar-refractivity contribution in [1.29, 1.82) is 0 Å². The van der Waals surface area contributed by atoms with Crippen LogP contribution in [0.15, 0.2) is 0 Å². The van der Waals surface area contributed by atoms with Crippen molar-refractivity contribution in [2.24, 2.45) is 0 Å². The smallest absolute Gasteiger partial charge is 0.232 e. The Labute approximate surface area is 120 Å². The third kappa shape index (κ3) is 3.27. The van der Waals surface area contributed by atoms with Crippen molar-refractivity contribution >= 4 is 17.8 Å². The number of likely N-dealkylation sites (N-methyl/N-ethyl adjacent to an activating group) is 1. The molecule has 1 atom stereocenters. The molecule has 2 heterocycles. The van der Waals surface area contributed by atoms with E-state index >= 15 is 0 Å². The fourth-order valence-corrected chi connectivity index (χ4v) is 2.13. The number of hydrogen-bond donors (Lipinski definition) is 2. The van der Waals surface area contributed by atoms with Crippen LogP contribution in [0.1, 0.15) is 26.7 Å². The van der Waals surface area contributed by atoms with Gasteiger partial charge in [0.25, 0.3) is 0 Å². The first kappa shape index (κ1) is 14.8. The fourth-order valence-electron chi connectivity index (χ4n) is 2.13. The van der Waals surface area contributed by atoms with Crippen LogP contribution in [-0.4, -0.2) is 59.4 Å². The minimum Gasteiger partial charge on any atom is -0.394 e. The summed E-state index contributed by atoms with van der Waals surface area (Å²) in [6.45, 7) is 6.77. The number of hydrogen-bond acceptors (Lipinski definition) is 7. The molecule has 1 aromatic heterocycles. The first-order chi connectivity index (χ1) is 9.65. The quantitative estimate of drug-likeness (QED) is 0.795. The van der Waals surface area contributed by atoms with E-state index in [-0.39, 0.29) is 12.6 Å². The maximum Gasteiger partial charge on any atom is 0.232 e. The van der Waals surface area contributed by atoms with Crippen LogP contribution < -0.4 is 15.1 Å². The second kappa shape index (κ2) is 6.69. The predicted octanol–water partition coefficient (Wildman–Crippen LogP) is 0.721. The van der Waals surface area contributed by atoms with E-state index in [9.17, 15) is 5.11 Å². The average Bonchev–Trinajstić information content (AvgIpc) is 3.00. The van der Waals surface area contributed by atoms with Crippen LogP contribution in [0, 0.1) is 0 Å². The first-order valence-corrected chi connectivity index (χ1v) is 7.24. The van der Waals surface area contributed by atoms with Gasteiger partial charge in [-0.2, -0.15) is 15.0 Å². The van der Waals surface area contributed by atoms with Crippen molar-refractivity contribution in [1.82, 2.24) is 15.0 Å². The van der Waals surface area contributed by atoms with Gasteiger partial charge in [0.15, 0.2) is 0 Å². The van der Waals surface area contributed by atoms with Crippen molar-refractivity contribution in [3.05, 3.63) is 0 Å². The minimum absolute atomic E-state index is 0.0293. The van der Waals surface area contributed by atoms with Crippen LogP contribution in [-0.2, 0) is 0 Å². The van der Waals surface area contributed by atoms with Gasteiger partial charge in [0, 0.05) is 26.7 Å². The van der Waals surface area contributed by atoms with Crippen molar-refractivity contribution in [3.63, 3.8) is 0 Å². The molecule has 0 radical (unpaired) electrons. The van der Waals surface area contributed by atoms with Crippen molar-refractivity contribution < 1.29 is 5.11 Å². The van der Waals surface area contributed by atoms with Crippen LogP contribution in [0.4, 0.5) is 17.8 Å². The molecule has 2 N–H and O–H groups in total. The number of rotatable bonds is 6. The molecule has 1 unspecified atom stereocenters. The molecule has 0 bridgehead atoms. The van der Waals surface area contributed by atoms with Crippen molar-refractivity contribution in [2.45, 2.75) is 32.7 Å². The van der Waals surface area contributed by atoms with E-state index in [1.807, 2.05) is 25.8 Å². The zero-order chi connectivity index (χ0) is 14.5. The van der Waals surface area contributed by atoms with Crippen molar-refractivity contribution in [2.75, 3.05) is 48.4 Å². The SMILES string of the molecule is CCNc1nc(N2CCCC2)nc(N(C)C(C)CO)n1. The molecule has 7 nitrogen and oxygen atoms in total. The lowest BCUT2D eigenvalue weighted by atomic mass is 10.3. The van der Waals surface area contributed by atoms with Crippen LogP contribution >= 0.6 is 0 Å². The molecule has 1 aromatic rings. The summed E-state index contributed by atoms with van der Waals surface area (Å²) < 4.78 is 0. The number of nitrogens with one attached hydrogen (secondary N) is 1. The summed E-state index contributed by atoms with van der Waals surface area (Å²) in [4.78, 5) is 17.5. The third-order valence-electron chi connectivity index (χ3n) is 3.58. The molecule has 112 valence electrons. The lowest BCUT2D eigenvalue weighted by molar-refractivity contribution is 0.269. The summed E-state index contributed by atoms with van der Waals surface area (Å²) in [7, 11) is 1.89. The molecule has 0 spiro atoms. The van der Waals surface area contributed by atoms with Gasteiger partial charge in [-0.05, 0) is 26.7 Å². The molecule has 0 aliphatic carbocycles. The maximum atomic E-state index is 9.28. The van der Waals surface area contributed by atoms with Gasteiger partial charge in [-0.3, -0.25) is 0 Å². The summed E-state index contributed by atoms with van der Waals surface area (Å²) in [5, 5.41) is 12.4. The lowest BCUT2D eigenvalue weighted by Crippen LogP contribution is -2.34. The largest absolute Gasteiger partial charge is 0.394 e. The summed E-state index contributed by atoms with van der Waals surface area (Å²) >= 11 is 0. The van der Waals surface area contributed by atoms with Gasteiger partial charge in [0.2, 0.25) is 17.8 Å². The van der Waals surface area contributed by atoms with Gasteiger partial charge in [-0.25, -0.2) is 0 Å². The first-order valence-electron chi connectivity index (χ1n) is 7.24. The molecular weight excluding hydrogens is 256 g/mol. The standard InChI is InChI=1S/C13H24N6O/c1-4-14-11-15-12(18(3)10(2)9-20)17-13(16-11)19-7-5-6-8-19/h10,20H,4-9H2,1-3H3,(H,14,15,16,17). The molecule has 1 aliphatic rings. The van der Waals surface area contributed by atoms with Gasteiger partial charge in [-0.15, -0.1) is 0 Å². The number of aliphatic hydroxyl groups excluding tert-OH is 1. The predicted molar refractivity (Wildman–Crippen MR) is 80.4 cm³/mol. The van der Waals surface area contributed by atoms with E-state index in [1.165, 1.54) is 12.8 Å². The van der Waals surface area contributed by atoms with Gasteiger partial charge in [0.05, 0.1) is 12.6 Å². The Morgan fingerprint density at radius 3 is 2.60 bits per heavy atom. The van der Waals surface area contributed by atoms with Gasteiger partial charge < -0.3 is 20.2 Å². The highest BCUT2D eigenvalue weighted by molar-refractivity contribution is 5.45. The van der Waals surface area contributed by atoms with Crippen molar-refractivity contribution in [3.8, 4) is 0 Å². The normalized spacial score (nSPS) is 16.3. The Kier molecular flexibility index (Phi) is 4.94. The van der Waals surface area contributed by atoms with Gasteiger partial charge in [-0.1, -0.05) is 0 Å². The Bertz CT molecular complexity index is 435. The Balaban J connectivity index is 2.29. The molecular formula is C13H24N6O. The number of anilines is 3. The second-order valence-electron chi connectivity index (χ2n) is 5.13. The highest BCUT2D eigenvalue weighted by Gasteiger charge is 2.20. The molecule has 7 heteroatoms. The number of nitrogens with zero attached hydrogens (tertiary/aromatic N) is 5. The van der Waals surface area contributed by atoms with Gasteiger partial charge >= 0.3 is 0 Å². The van der Waals surface area contributed by atoms with Crippen LogP contribution in [0.25, 0.3) is 0 Å². The van der Waals surface area contributed by atoms with E-state index in [0.717, 1.165) is 25.6 Å². The van der Waals surface area contributed by atoms with E-state index in [4.69, 9.17) is 0 Å². The van der Waals surface area contributed by atoms with E-state index in [1.54, 1.807) is 0 Å². The Morgan fingerprint density at radius 1 is 1.30 bits per heavy atom. The molecule has 2 rings (SSSR count). The summed E-state index contributed by atoms with van der Waals surface area (Å²) in [5.74, 6) is 1.91. The summed E-state index contributed by atoms with van der Waals surface area (Å²) in [6, 6.07) is -0.0293. The fraction of sp³-hybridized carbons (Fsp3) is 0.769. The molecule has 1 fully saturated rings. The van der Waals surface area contributed by atoms with Gasteiger partial charge in [0.1, 0.15) is 0 Å². The Morgan fingerprint density at radius 2 is 2.00 bits per heavy atom. The van der Waals surface area contributed by atoms with E-state index in [0.29, 0.717) is 11.9 Å². The maximum absolute atomic E-state index is 9.28. The zero-order valence-electron chi connectivity index (χ0n) is 12.5. The lowest BCUT2D eigenvalue weighted by Gasteiger charge is -2.25. The second-order valence-corrected chi connectivity index (χ2v) is 5.13. The highest BCUT2D eigenvalue weighted by Crippen LogP contribution is 2.20. The zero-order valence-corrected chi connectivity index (χ0v) is 12.5. The molecule has 0 amide bonds. The molecule has 0 saturated carbocycles. The van der Waals surface area contributed by atoms with Crippen LogP contribution in [0.3, 0.4) is 0 Å². The summed E-state index contributed by atoms with van der Waals surface area (Å²) in [5.41, 5.74) is 0. The topological polar surface area (TPSA) is 77.4 Å². The number of aliphatic hydroxyl groups is 1. The highest BCUT2D eigenvalue weighted by atomic mass is 16.3. The molecule has 0 aromatic carbocycles. The average molecular weight is 280 g/mol. The van der Waals surface area contributed by atoms with E-state index in [2.05, 4.69) is 25.2 Å². The molecule has 1 saturated heterocycles. The minimum atomic E-state index is -0.0293. The van der Waals surface area contributed by atoms with Crippen LogP contribution in [0.2, 0.25) is 0 Å². The van der Waals surface area contributed by atoms with E-state index < -0.39 is 0 Å². The molecule has 1 aliphatic heterocycles. The monoisotopic (exact) mass is 280 g/mol. The Hall–Kier alpha value is -1.63. The number of aromatic nitrogens is 3. The summed E-state index contributed by atoms with van der Waals surface area (Å²) in [6.07, 6.45) is 2.36. The van der Waals surface area contributed by atoms with Crippen LogP contribution in [0.5, 0.6) is 0 Å².